The standard InChI is InChI=1S/C10H8ClNO/c1-6-4-7-9(5-8(6)11)12-3-2-10(7)13/h2-5H,1H3,(H,12,13). The summed E-state index contributed by atoms with van der Waals surface area (Å²) in [6, 6.07) is 5.08. The summed E-state index contributed by atoms with van der Waals surface area (Å²) < 4.78 is 0. The summed E-state index contributed by atoms with van der Waals surface area (Å²) in [5, 5.41) is 1.36. The van der Waals surface area contributed by atoms with Gasteiger partial charge in [0, 0.05) is 22.7 Å². The van der Waals surface area contributed by atoms with E-state index in [1.165, 1.54) is 6.07 Å². The van der Waals surface area contributed by atoms with E-state index in [1.807, 2.05) is 6.92 Å². The summed E-state index contributed by atoms with van der Waals surface area (Å²) >= 11 is 5.92. The second-order valence-corrected chi connectivity index (χ2v) is 3.40. The molecule has 0 atom stereocenters. The minimum atomic E-state index is 0.0218. The number of fused-ring (bicyclic) bond motifs is 1. The van der Waals surface area contributed by atoms with Crippen LogP contribution >= 0.6 is 11.6 Å². The SMILES string of the molecule is Cc1cc2c(=O)cc[nH]c2cc1Cl. The van der Waals surface area contributed by atoms with E-state index in [1.54, 1.807) is 18.3 Å². The molecule has 0 spiro atoms. The van der Waals surface area contributed by atoms with Gasteiger partial charge < -0.3 is 4.98 Å². The third kappa shape index (κ3) is 1.33. The van der Waals surface area contributed by atoms with Gasteiger partial charge in [0.15, 0.2) is 5.43 Å². The summed E-state index contributed by atoms with van der Waals surface area (Å²) in [6.07, 6.45) is 1.62. The van der Waals surface area contributed by atoms with Crippen LogP contribution in [0.2, 0.25) is 5.02 Å². The zero-order valence-corrected chi connectivity index (χ0v) is 7.85. The number of hydrogen-bond acceptors (Lipinski definition) is 1. The average molecular weight is 194 g/mol. The number of aromatic nitrogens is 1. The van der Waals surface area contributed by atoms with Crippen LogP contribution in [0.3, 0.4) is 0 Å². The second-order valence-electron chi connectivity index (χ2n) is 2.99. The first-order chi connectivity index (χ1) is 6.18. The van der Waals surface area contributed by atoms with Crippen molar-refractivity contribution < 1.29 is 0 Å². The van der Waals surface area contributed by atoms with E-state index in [9.17, 15) is 4.79 Å². The van der Waals surface area contributed by atoms with Crippen LogP contribution < -0.4 is 5.43 Å². The van der Waals surface area contributed by atoms with Gasteiger partial charge in [-0.3, -0.25) is 4.79 Å². The summed E-state index contributed by atoms with van der Waals surface area (Å²) in [4.78, 5) is 14.4. The third-order valence-corrected chi connectivity index (χ3v) is 2.44. The quantitative estimate of drug-likeness (QED) is 0.685. The number of rotatable bonds is 0. The topological polar surface area (TPSA) is 32.9 Å². The normalized spacial score (nSPS) is 10.6. The first-order valence-electron chi connectivity index (χ1n) is 3.96. The van der Waals surface area contributed by atoms with E-state index in [0.29, 0.717) is 10.4 Å². The van der Waals surface area contributed by atoms with Crippen molar-refractivity contribution in [3.63, 3.8) is 0 Å². The van der Waals surface area contributed by atoms with E-state index in [-0.39, 0.29) is 5.43 Å². The lowest BCUT2D eigenvalue weighted by atomic mass is 10.1. The van der Waals surface area contributed by atoms with Crippen LogP contribution in [0.5, 0.6) is 0 Å². The van der Waals surface area contributed by atoms with Gasteiger partial charge in [-0.15, -0.1) is 0 Å². The van der Waals surface area contributed by atoms with Crippen molar-refractivity contribution in [1.82, 2.24) is 4.98 Å². The van der Waals surface area contributed by atoms with E-state index in [0.717, 1.165) is 11.1 Å². The van der Waals surface area contributed by atoms with Crippen molar-refractivity contribution >= 4 is 22.5 Å². The Morgan fingerprint density at radius 1 is 1.38 bits per heavy atom. The first-order valence-corrected chi connectivity index (χ1v) is 4.34. The number of aryl methyl sites for hydroxylation is 1. The second kappa shape index (κ2) is 2.89. The molecule has 2 nitrogen and oxygen atoms in total. The molecule has 0 saturated heterocycles. The highest BCUT2D eigenvalue weighted by molar-refractivity contribution is 6.32. The molecular weight excluding hydrogens is 186 g/mol. The Morgan fingerprint density at radius 3 is 2.92 bits per heavy atom. The Balaban J connectivity index is 2.97. The molecule has 1 heterocycles. The van der Waals surface area contributed by atoms with Crippen LogP contribution in [0.1, 0.15) is 5.56 Å². The van der Waals surface area contributed by atoms with Crippen molar-refractivity contribution in [2.45, 2.75) is 6.92 Å². The fraction of sp³-hybridized carbons (Fsp3) is 0.100. The van der Waals surface area contributed by atoms with Gasteiger partial charge in [-0.25, -0.2) is 0 Å². The maximum Gasteiger partial charge on any atom is 0.189 e. The number of hydrogen-bond donors (Lipinski definition) is 1. The number of halogens is 1. The van der Waals surface area contributed by atoms with Crippen LogP contribution in [0.4, 0.5) is 0 Å². The molecule has 0 fully saturated rings. The molecule has 2 aromatic rings. The molecule has 66 valence electrons. The molecule has 0 radical (unpaired) electrons. The summed E-state index contributed by atoms with van der Waals surface area (Å²) in [5.41, 5.74) is 1.72. The predicted molar refractivity (Wildman–Crippen MR) is 54.3 cm³/mol. The highest BCUT2D eigenvalue weighted by atomic mass is 35.5. The Hall–Kier alpha value is -1.28. The summed E-state index contributed by atoms with van der Waals surface area (Å²) in [7, 11) is 0. The van der Waals surface area contributed by atoms with Gasteiger partial charge in [-0.05, 0) is 24.6 Å². The van der Waals surface area contributed by atoms with Crippen molar-refractivity contribution in [3.05, 3.63) is 45.2 Å². The van der Waals surface area contributed by atoms with E-state index in [4.69, 9.17) is 11.6 Å². The fourth-order valence-corrected chi connectivity index (χ4v) is 1.47. The monoisotopic (exact) mass is 193 g/mol. The van der Waals surface area contributed by atoms with Gasteiger partial charge in [0.05, 0.1) is 5.52 Å². The summed E-state index contributed by atoms with van der Waals surface area (Å²) in [6.45, 7) is 1.88. The molecule has 0 amide bonds. The maximum atomic E-state index is 11.4. The molecule has 1 aromatic carbocycles. The molecule has 13 heavy (non-hydrogen) atoms. The van der Waals surface area contributed by atoms with Crippen molar-refractivity contribution in [2.75, 3.05) is 0 Å². The lowest BCUT2D eigenvalue weighted by Gasteiger charge is -2.00. The largest absolute Gasteiger partial charge is 0.361 e. The van der Waals surface area contributed by atoms with Gasteiger partial charge in [0.2, 0.25) is 0 Å². The van der Waals surface area contributed by atoms with Gasteiger partial charge >= 0.3 is 0 Å². The van der Waals surface area contributed by atoms with E-state index in [2.05, 4.69) is 4.98 Å². The average Bonchev–Trinajstić information content (AvgIpc) is 2.09. The first kappa shape index (κ1) is 8.32. The van der Waals surface area contributed by atoms with Crippen molar-refractivity contribution in [1.29, 1.82) is 0 Å². The number of H-pyrrole nitrogens is 1. The highest BCUT2D eigenvalue weighted by Gasteiger charge is 2.01. The van der Waals surface area contributed by atoms with E-state index >= 15 is 0 Å². The Morgan fingerprint density at radius 2 is 2.15 bits per heavy atom. The van der Waals surface area contributed by atoms with Crippen LogP contribution in [0.25, 0.3) is 10.9 Å². The molecule has 0 aliphatic rings. The molecule has 0 bridgehead atoms. The highest BCUT2D eigenvalue weighted by Crippen LogP contribution is 2.19. The smallest absolute Gasteiger partial charge is 0.189 e. The molecule has 0 unspecified atom stereocenters. The third-order valence-electron chi connectivity index (χ3n) is 2.04. The maximum absolute atomic E-state index is 11.4. The van der Waals surface area contributed by atoms with Crippen molar-refractivity contribution in [3.8, 4) is 0 Å². The van der Waals surface area contributed by atoms with Gasteiger partial charge in [0.1, 0.15) is 0 Å². The zero-order chi connectivity index (χ0) is 9.42. The Labute approximate surface area is 80.2 Å². The Bertz CT molecular complexity index is 516. The molecular formula is C10H8ClNO. The lowest BCUT2D eigenvalue weighted by molar-refractivity contribution is 1.37. The number of aromatic amines is 1. The number of pyridine rings is 1. The van der Waals surface area contributed by atoms with E-state index < -0.39 is 0 Å². The van der Waals surface area contributed by atoms with Crippen LogP contribution in [-0.4, -0.2) is 4.98 Å². The summed E-state index contributed by atoms with van der Waals surface area (Å²) in [5.74, 6) is 0. The van der Waals surface area contributed by atoms with Crippen LogP contribution in [-0.2, 0) is 0 Å². The number of nitrogens with one attached hydrogen (secondary N) is 1. The molecule has 2 rings (SSSR count). The molecule has 0 aliphatic carbocycles. The molecule has 1 N–H and O–H groups in total. The molecule has 1 aromatic heterocycles. The minimum Gasteiger partial charge on any atom is -0.361 e. The van der Waals surface area contributed by atoms with Gasteiger partial charge in [0.25, 0.3) is 0 Å². The van der Waals surface area contributed by atoms with Crippen molar-refractivity contribution in [2.24, 2.45) is 0 Å². The zero-order valence-electron chi connectivity index (χ0n) is 7.10. The fourth-order valence-electron chi connectivity index (χ4n) is 1.30. The Kier molecular flexibility index (Phi) is 1.85. The van der Waals surface area contributed by atoms with Gasteiger partial charge in [-0.2, -0.15) is 0 Å². The van der Waals surface area contributed by atoms with Crippen LogP contribution in [0, 0.1) is 6.92 Å². The lowest BCUT2D eigenvalue weighted by Crippen LogP contribution is -2.00. The van der Waals surface area contributed by atoms with Crippen LogP contribution in [0.15, 0.2) is 29.2 Å². The predicted octanol–water partition coefficient (Wildman–Crippen LogP) is 2.49. The minimum absolute atomic E-state index is 0.0218. The molecule has 0 aliphatic heterocycles. The molecule has 0 saturated carbocycles. The number of benzene rings is 1. The molecule has 3 heteroatoms. The van der Waals surface area contributed by atoms with Gasteiger partial charge in [-0.1, -0.05) is 11.6 Å².